The number of carbonyl (C=O) groups is 2. The molecule has 0 saturated heterocycles. The van der Waals surface area contributed by atoms with Gasteiger partial charge in [-0.25, -0.2) is 0 Å². The Labute approximate surface area is 181 Å². The molecule has 0 aliphatic carbocycles. The molecule has 2 aromatic carbocycles. The Kier molecular flexibility index (Phi) is 6.58. The van der Waals surface area contributed by atoms with Gasteiger partial charge in [-0.1, -0.05) is 12.1 Å². The highest BCUT2D eigenvalue weighted by Crippen LogP contribution is 2.49. The van der Waals surface area contributed by atoms with E-state index >= 15 is 0 Å². The van der Waals surface area contributed by atoms with Crippen LogP contribution in [0.25, 0.3) is 0 Å². The third kappa shape index (κ3) is 3.85. The van der Waals surface area contributed by atoms with E-state index in [1.54, 1.807) is 37.4 Å². The van der Waals surface area contributed by atoms with E-state index in [9.17, 15) is 14.7 Å². The molecule has 1 aliphatic rings. The van der Waals surface area contributed by atoms with E-state index in [1.807, 2.05) is 13.8 Å². The Balaban J connectivity index is 2.26. The number of hydrogen-bond donors (Lipinski definition) is 1. The Hall–Kier alpha value is -3.42. The van der Waals surface area contributed by atoms with E-state index < -0.39 is 17.9 Å². The zero-order valence-corrected chi connectivity index (χ0v) is 18.3. The summed E-state index contributed by atoms with van der Waals surface area (Å²) < 4.78 is 22.2. The maximum absolute atomic E-state index is 13.3. The number of amides is 1. The van der Waals surface area contributed by atoms with Gasteiger partial charge in [-0.05, 0) is 37.6 Å². The number of aliphatic carboxylic acids is 1. The molecule has 0 spiro atoms. The van der Waals surface area contributed by atoms with Gasteiger partial charge in [-0.15, -0.1) is 0 Å². The first-order chi connectivity index (χ1) is 14.9. The van der Waals surface area contributed by atoms with Crippen molar-refractivity contribution in [1.29, 1.82) is 0 Å². The number of para-hydroxylation sites is 1. The number of methoxy groups -OCH3 is 2. The summed E-state index contributed by atoms with van der Waals surface area (Å²) in [6.07, 6.45) is 0. The van der Waals surface area contributed by atoms with E-state index in [-0.39, 0.29) is 11.5 Å². The molecule has 3 rings (SSSR count). The SMILES string of the molecule is CCOc1cc2c(cc1OCC)[C@H](C(=O)O)[C@H](c1cccc(OC)c1OC)N(C)C2=O. The molecular weight excluding hydrogens is 402 g/mol. The number of benzene rings is 2. The summed E-state index contributed by atoms with van der Waals surface area (Å²) in [7, 11) is 4.57. The van der Waals surface area contributed by atoms with Gasteiger partial charge in [0.2, 0.25) is 0 Å². The fourth-order valence-corrected chi connectivity index (χ4v) is 4.07. The van der Waals surface area contributed by atoms with Crippen molar-refractivity contribution in [3.8, 4) is 23.0 Å². The zero-order valence-electron chi connectivity index (χ0n) is 18.3. The summed E-state index contributed by atoms with van der Waals surface area (Å²) in [5.74, 6) is -0.769. The minimum absolute atomic E-state index is 0.278. The van der Waals surface area contributed by atoms with Crippen LogP contribution in [-0.4, -0.2) is 56.4 Å². The average Bonchev–Trinajstić information content (AvgIpc) is 2.76. The van der Waals surface area contributed by atoms with Crippen LogP contribution >= 0.6 is 0 Å². The third-order valence-corrected chi connectivity index (χ3v) is 5.35. The summed E-state index contributed by atoms with van der Waals surface area (Å²) in [5, 5.41) is 10.2. The molecular formula is C23H27NO7. The lowest BCUT2D eigenvalue weighted by Crippen LogP contribution is -2.42. The van der Waals surface area contributed by atoms with Crippen molar-refractivity contribution in [2.75, 3.05) is 34.5 Å². The number of carboxylic acid groups (broad SMARTS) is 1. The monoisotopic (exact) mass is 429 g/mol. The van der Waals surface area contributed by atoms with Crippen molar-refractivity contribution >= 4 is 11.9 Å². The molecule has 0 radical (unpaired) electrons. The molecule has 2 atom stereocenters. The Morgan fingerprint density at radius 2 is 1.65 bits per heavy atom. The van der Waals surface area contributed by atoms with Crippen LogP contribution in [0.3, 0.4) is 0 Å². The van der Waals surface area contributed by atoms with Gasteiger partial charge in [-0.2, -0.15) is 0 Å². The lowest BCUT2D eigenvalue weighted by atomic mass is 9.79. The van der Waals surface area contributed by atoms with Crippen LogP contribution < -0.4 is 18.9 Å². The highest BCUT2D eigenvalue weighted by Gasteiger charge is 2.45. The Morgan fingerprint density at radius 1 is 1.00 bits per heavy atom. The standard InChI is InChI=1S/C23H27NO7/c1-6-30-17-11-14-15(12-18(17)31-7-2)22(25)24(3)20(19(14)23(26)27)13-9-8-10-16(28-4)21(13)29-5/h8-12,19-20H,6-7H2,1-5H3,(H,26,27)/t19-,20-/m0/s1. The molecule has 0 saturated carbocycles. The average molecular weight is 429 g/mol. The van der Waals surface area contributed by atoms with Crippen LogP contribution in [0.15, 0.2) is 30.3 Å². The number of carbonyl (C=O) groups excluding carboxylic acids is 1. The van der Waals surface area contributed by atoms with Crippen molar-refractivity contribution in [2.24, 2.45) is 0 Å². The minimum Gasteiger partial charge on any atom is -0.493 e. The number of nitrogens with zero attached hydrogens (tertiary/aromatic N) is 1. The summed E-state index contributed by atoms with van der Waals surface area (Å²) >= 11 is 0. The molecule has 0 fully saturated rings. The molecule has 1 N–H and O–H groups in total. The predicted molar refractivity (Wildman–Crippen MR) is 114 cm³/mol. The second-order valence-corrected chi connectivity index (χ2v) is 7.01. The van der Waals surface area contributed by atoms with Gasteiger partial charge in [-0.3, -0.25) is 9.59 Å². The van der Waals surface area contributed by atoms with Gasteiger partial charge in [0.1, 0.15) is 5.92 Å². The van der Waals surface area contributed by atoms with Crippen LogP contribution in [0.5, 0.6) is 23.0 Å². The topological polar surface area (TPSA) is 94.5 Å². The number of carboxylic acids is 1. The molecule has 31 heavy (non-hydrogen) atoms. The number of rotatable bonds is 8. The molecule has 1 aliphatic heterocycles. The second kappa shape index (κ2) is 9.16. The van der Waals surface area contributed by atoms with Crippen molar-refractivity contribution in [3.63, 3.8) is 0 Å². The number of ether oxygens (including phenoxy) is 4. The molecule has 166 valence electrons. The molecule has 0 bridgehead atoms. The second-order valence-electron chi connectivity index (χ2n) is 7.01. The molecule has 0 aromatic heterocycles. The first-order valence-electron chi connectivity index (χ1n) is 10.0. The summed E-state index contributed by atoms with van der Waals surface area (Å²) in [5.41, 5.74) is 1.19. The van der Waals surface area contributed by atoms with Crippen molar-refractivity contribution < 1.29 is 33.6 Å². The third-order valence-electron chi connectivity index (χ3n) is 5.35. The highest BCUT2D eigenvalue weighted by atomic mass is 16.5. The van der Waals surface area contributed by atoms with Gasteiger partial charge in [0.15, 0.2) is 23.0 Å². The number of likely N-dealkylation sites (N-methyl/N-ethyl adjacent to an activating group) is 1. The predicted octanol–water partition coefficient (Wildman–Crippen LogP) is 3.50. The lowest BCUT2D eigenvalue weighted by molar-refractivity contribution is -0.140. The normalized spacial score (nSPS) is 17.7. The van der Waals surface area contributed by atoms with E-state index in [0.29, 0.717) is 47.3 Å². The van der Waals surface area contributed by atoms with E-state index in [2.05, 4.69) is 0 Å². The molecule has 1 heterocycles. The van der Waals surface area contributed by atoms with Gasteiger partial charge in [0, 0.05) is 18.2 Å². The van der Waals surface area contributed by atoms with Crippen LogP contribution in [0.4, 0.5) is 0 Å². The van der Waals surface area contributed by atoms with Gasteiger partial charge < -0.3 is 29.0 Å². The minimum atomic E-state index is -1.07. The van der Waals surface area contributed by atoms with Crippen LogP contribution in [0, 0.1) is 0 Å². The number of hydrogen-bond acceptors (Lipinski definition) is 6. The fraction of sp³-hybridized carbons (Fsp3) is 0.391. The van der Waals surface area contributed by atoms with Gasteiger partial charge in [0.05, 0.1) is 33.5 Å². The van der Waals surface area contributed by atoms with Crippen LogP contribution in [-0.2, 0) is 4.79 Å². The van der Waals surface area contributed by atoms with Crippen LogP contribution in [0.1, 0.15) is 47.3 Å². The van der Waals surface area contributed by atoms with Gasteiger partial charge >= 0.3 is 5.97 Å². The van der Waals surface area contributed by atoms with E-state index in [4.69, 9.17) is 18.9 Å². The zero-order chi connectivity index (χ0) is 22.7. The Morgan fingerprint density at radius 3 is 2.19 bits per heavy atom. The smallest absolute Gasteiger partial charge is 0.313 e. The van der Waals surface area contributed by atoms with E-state index in [1.165, 1.54) is 19.1 Å². The molecule has 1 amide bonds. The molecule has 8 nitrogen and oxygen atoms in total. The van der Waals surface area contributed by atoms with Crippen molar-refractivity contribution in [2.45, 2.75) is 25.8 Å². The maximum Gasteiger partial charge on any atom is 0.313 e. The summed E-state index contributed by atoms with van der Waals surface area (Å²) in [6, 6.07) is 7.57. The highest BCUT2D eigenvalue weighted by molar-refractivity contribution is 6.01. The van der Waals surface area contributed by atoms with Crippen LogP contribution in [0.2, 0.25) is 0 Å². The lowest BCUT2D eigenvalue weighted by Gasteiger charge is -2.39. The summed E-state index contributed by atoms with van der Waals surface area (Å²) in [4.78, 5) is 27.2. The first-order valence-corrected chi connectivity index (χ1v) is 10.0. The Bertz CT molecular complexity index is 988. The fourth-order valence-electron chi connectivity index (χ4n) is 4.07. The van der Waals surface area contributed by atoms with Crippen molar-refractivity contribution in [3.05, 3.63) is 47.0 Å². The molecule has 8 heteroatoms. The summed E-state index contributed by atoms with van der Waals surface area (Å²) in [6.45, 7) is 4.41. The van der Waals surface area contributed by atoms with Crippen molar-refractivity contribution in [1.82, 2.24) is 4.90 Å². The number of fused-ring (bicyclic) bond motifs is 1. The van der Waals surface area contributed by atoms with Gasteiger partial charge in [0.25, 0.3) is 5.91 Å². The quantitative estimate of drug-likeness (QED) is 0.686. The first kappa shape index (κ1) is 22.3. The maximum atomic E-state index is 13.3. The largest absolute Gasteiger partial charge is 0.493 e. The molecule has 0 unspecified atom stereocenters. The van der Waals surface area contributed by atoms with E-state index in [0.717, 1.165) is 0 Å². The molecule has 2 aromatic rings.